The van der Waals surface area contributed by atoms with E-state index in [1.165, 1.54) is 7.11 Å². The molecule has 0 aromatic heterocycles. The Labute approximate surface area is 126 Å². The quantitative estimate of drug-likeness (QED) is 0.616. The molecule has 0 aliphatic carbocycles. The first-order chi connectivity index (χ1) is 9.64. The summed E-state index contributed by atoms with van der Waals surface area (Å²) >= 11 is 0. The van der Waals surface area contributed by atoms with Crippen molar-refractivity contribution in [2.45, 2.75) is 52.7 Å². The van der Waals surface area contributed by atoms with Crippen LogP contribution >= 0.6 is 0 Å². The van der Waals surface area contributed by atoms with Gasteiger partial charge in [0.05, 0.1) is 7.11 Å². The van der Waals surface area contributed by atoms with Crippen molar-refractivity contribution in [3.63, 3.8) is 0 Å². The van der Waals surface area contributed by atoms with Crippen LogP contribution in [0.4, 0.5) is 0 Å². The fourth-order valence-corrected chi connectivity index (χ4v) is 1.90. The normalized spacial score (nSPS) is 19.1. The lowest BCUT2D eigenvalue weighted by Gasteiger charge is -2.29. The van der Waals surface area contributed by atoms with Crippen molar-refractivity contribution in [3.05, 3.63) is 11.7 Å². The van der Waals surface area contributed by atoms with E-state index in [-0.39, 0.29) is 17.5 Å². The first kappa shape index (κ1) is 17.7. The number of nitrogens with zero attached hydrogens (tertiary/aromatic N) is 1. The first-order valence-electron chi connectivity index (χ1n) is 7.07. The number of hydrogen-bond acceptors (Lipinski definition) is 6. The zero-order valence-electron chi connectivity index (χ0n) is 13.7. The highest BCUT2D eigenvalue weighted by atomic mass is 16.6. The van der Waals surface area contributed by atoms with Gasteiger partial charge in [-0.15, -0.1) is 0 Å². The van der Waals surface area contributed by atoms with Crippen LogP contribution in [0.2, 0.25) is 0 Å². The number of ether oxygens (including phenoxy) is 1. The summed E-state index contributed by atoms with van der Waals surface area (Å²) in [5.74, 6) is -0.734. The molecule has 0 radical (unpaired) electrons. The van der Waals surface area contributed by atoms with Crippen molar-refractivity contribution in [3.8, 4) is 0 Å². The van der Waals surface area contributed by atoms with Gasteiger partial charge < -0.3 is 19.8 Å². The number of nitrogens with two attached hydrogens (primary N) is 1. The molecule has 0 amide bonds. The highest BCUT2D eigenvalue weighted by Gasteiger charge is 2.36. The van der Waals surface area contributed by atoms with Crippen LogP contribution in [0.25, 0.3) is 0 Å². The van der Waals surface area contributed by atoms with Crippen LogP contribution < -0.4 is 5.73 Å². The maximum absolute atomic E-state index is 11.8. The standard InChI is InChI=1S/C14H25BN2O4/c1-9(2)20-15(21-14(3,4)5)10-7-11(13(18)19-6)12(16)17-8-10/h8-9,11H,7H2,1-6H3,(H2,16,17). The summed E-state index contributed by atoms with van der Waals surface area (Å²) in [5.41, 5.74) is 6.17. The molecule has 1 unspecified atom stereocenters. The Bertz CT molecular complexity index is 441. The van der Waals surface area contributed by atoms with Crippen molar-refractivity contribution < 1.29 is 18.8 Å². The summed E-state index contributed by atoms with van der Waals surface area (Å²) in [6.45, 7) is 9.70. The van der Waals surface area contributed by atoms with Crippen LogP contribution in [0.15, 0.2) is 16.7 Å². The largest absolute Gasteiger partial charge is 0.491 e. The molecule has 1 atom stereocenters. The number of amidine groups is 1. The first-order valence-corrected chi connectivity index (χ1v) is 7.07. The minimum atomic E-state index is -0.586. The third-order valence-corrected chi connectivity index (χ3v) is 2.82. The molecule has 0 aromatic rings. The van der Waals surface area contributed by atoms with E-state index in [0.717, 1.165) is 5.47 Å². The Morgan fingerprint density at radius 3 is 2.57 bits per heavy atom. The number of carbonyl (C=O) groups excluding carboxylic acids is 1. The van der Waals surface area contributed by atoms with Crippen LogP contribution in [0.3, 0.4) is 0 Å². The minimum absolute atomic E-state index is 0.0157. The molecule has 0 bridgehead atoms. The number of hydrogen-bond donors (Lipinski definition) is 1. The molecule has 21 heavy (non-hydrogen) atoms. The summed E-state index contributed by atoms with van der Waals surface area (Å²) in [7, 11) is 0.774. The fraction of sp³-hybridized carbons (Fsp3) is 0.714. The van der Waals surface area contributed by atoms with Gasteiger partial charge in [-0.25, -0.2) is 4.99 Å². The smallest absolute Gasteiger partial charge is 0.468 e. The molecule has 2 N–H and O–H groups in total. The maximum Gasteiger partial charge on any atom is 0.491 e. The maximum atomic E-state index is 11.8. The van der Waals surface area contributed by atoms with Gasteiger partial charge in [-0.05, 0) is 46.5 Å². The Kier molecular flexibility index (Phi) is 5.98. The summed E-state index contributed by atoms with van der Waals surface area (Å²) in [6.07, 6.45) is 1.99. The van der Waals surface area contributed by atoms with E-state index in [2.05, 4.69) is 4.99 Å². The molecular formula is C14H25BN2O4. The SMILES string of the molecule is COC(=O)C1CC(B(OC(C)C)OC(C)(C)C)=CN=C1N. The van der Waals surface area contributed by atoms with Crippen molar-refractivity contribution >= 4 is 18.9 Å². The van der Waals surface area contributed by atoms with E-state index >= 15 is 0 Å². The van der Waals surface area contributed by atoms with Gasteiger partial charge in [-0.3, -0.25) is 4.79 Å². The van der Waals surface area contributed by atoms with Gasteiger partial charge in [-0.1, -0.05) is 0 Å². The van der Waals surface area contributed by atoms with Crippen molar-refractivity contribution in [1.82, 2.24) is 0 Å². The second kappa shape index (κ2) is 7.09. The molecule has 118 valence electrons. The highest BCUT2D eigenvalue weighted by molar-refractivity contribution is 6.54. The van der Waals surface area contributed by atoms with Gasteiger partial charge in [-0.2, -0.15) is 0 Å². The predicted octanol–water partition coefficient (Wildman–Crippen LogP) is 1.69. The Balaban J connectivity index is 2.95. The van der Waals surface area contributed by atoms with E-state index in [0.29, 0.717) is 6.42 Å². The monoisotopic (exact) mass is 296 g/mol. The summed E-state index contributed by atoms with van der Waals surface area (Å²) in [4.78, 5) is 15.9. The summed E-state index contributed by atoms with van der Waals surface area (Å²) < 4.78 is 16.5. The van der Waals surface area contributed by atoms with Crippen LogP contribution in [-0.4, -0.2) is 37.7 Å². The Morgan fingerprint density at radius 1 is 1.48 bits per heavy atom. The number of methoxy groups -OCH3 is 1. The van der Waals surface area contributed by atoms with Crippen LogP contribution in [0.5, 0.6) is 0 Å². The molecule has 0 fully saturated rings. The van der Waals surface area contributed by atoms with Crippen LogP contribution in [0, 0.1) is 5.92 Å². The van der Waals surface area contributed by atoms with E-state index in [9.17, 15) is 4.79 Å². The number of carbonyl (C=O) groups is 1. The van der Waals surface area contributed by atoms with Gasteiger partial charge in [0.2, 0.25) is 0 Å². The predicted molar refractivity (Wildman–Crippen MR) is 82.6 cm³/mol. The van der Waals surface area contributed by atoms with Crippen LogP contribution in [-0.2, 0) is 18.8 Å². The Morgan fingerprint density at radius 2 is 2.10 bits per heavy atom. The lowest BCUT2D eigenvalue weighted by molar-refractivity contribution is -0.143. The zero-order chi connectivity index (χ0) is 16.2. The average Bonchev–Trinajstić information content (AvgIpc) is 2.35. The third-order valence-electron chi connectivity index (χ3n) is 2.82. The average molecular weight is 296 g/mol. The molecule has 0 aromatic carbocycles. The van der Waals surface area contributed by atoms with Crippen molar-refractivity contribution in [2.24, 2.45) is 16.6 Å². The second-order valence-electron chi connectivity index (χ2n) is 6.28. The summed E-state index contributed by atoms with van der Waals surface area (Å²) in [6, 6.07) is 0. The van der Waals surface area contributed by atoms with E-state index in [1.807, 2.05) is 34.6 Å². The van der Waals surface area contributed by atoms with E-state index in [4.69, 9.17) is 19.8 Å². The van der Waals surface area contributed by atoms with E-state index < -0.39 is 19.0 Å². The molecule has 1 aliphatic rings. The molecule has 0 saturated carbocycles. The van der Waals surface area contributed by atoms with Crippen molar-refractivity contribution in [2.75, 3.05) is 7.11 Å². The summed E-state index contributed by atoms with van der Waals surface area (Å²) in [5, 5.41) is 0. The number of rotatable bonds is 5. The van der Waals surface area contributed by atoms with Gasteiger partial charge in [0.15, 0.2) is 0 Å². The number of aliphatic imine (C=N–C) groups is 1. The van der Waals surface area contributed by atoms with Gasteiger partial charge in [0.25, 0.3) is 0 Å². The molecule has 1 heterocycles. The van der Waals surface area contributed by atoms with E-state index in [1.54, 1.807) is 6.20 Å². The third kappa shape index (κ3) is 5.51. The van der Waals surface area contributed by atoms with Crippen molar-refractivity contribution in [1.29, 1.82) is 0 Å². The second-order valence-corrected chi connectivity index (χ2v) is 6.28. The number of esters is 1. The molecule has 0 spiro atoms. The lowest BCUT2D eigenvalue weighted by Crippen LogP contribution is -2.41. The zero-order valence-corrected chi connectivity index (χ0v) is 13.7. The molecule has 7 heteroatoms. The van der Waals surface area contributed by atoms with Gasteiger partial charge >= 0.3 is 13.1 Å². The van der Waals surface area contributed by atoms with Gasteiger partial charge in [0.1, 0.15) is 11.8 Å². The van der Waals surface area contributed by atoms with Crippen LogP contribution in [0.1, 0.15) is 41.0 Å². The van der Waals surface area contributed by atoms with Gasteiger partial charge in [0, 0.05) is 17.9 Å². The molecule has 0 saturated heterocycles. The number of allylic oxidation sites excluding steroid dienone is 1. The minimum Gasteiger partial charge on any atom is -0.468 e. The Hall–Kier alpha value is -1.34. The molecule has 1 aliphatic heterocycles. The molecular weight excluding hydrogens is 271 g/mol. The molecule has 1 rings (SSSR count). The topological polar surface area (TPSA) is 83.1 Å². The highest BCUT2D eigenvalue weighted by Crippen LogP contribution is 2.25. The fourth-order valence-electron chi connectivity index (χ4n) is 1.90. The molecule has 6 nitrogen and oxygen atoms in total. The lowest BCUT2D eigenvalue weighted by atomic mass is 9.71.